The molecular formula is C15H11BrF2O3. The summed E-state index contributed by atoms with van der Waals surface area (Å²) < 4.78 is 37.3. The van der Waals surface area contributed by atoms with Crippen LogP contribution >= 0.6 is 15.9 Å². The molecule has 0 atom stereocenters. The third-order valence-corrected chi connectivity index (χ3v) is 3.55. The van der Waals surface area contributed by atoms with Gasteiger partial charge in [-0.15, -0.1) is 0 Å². The van der Waals surface area contributed by atoms with E-state index in [9.17, 15) is 13.6 Å². The summed E-state index contributed by atoms with van der Waals surface area (Å²) in [6.07, 6.45) is 0. The van der Waals surface area contributed by atoms with E-state index in [0.717, 1.165) is 12.1 Å². The molecule has 6 heteroatoms. The van der Waals surface area contributed by atoms with Gasteiger partial charge in [-0.25, -0.2) is 8.78 Å². The predicted molar refractivity (Wildman–Crippen MR) is 77.0 cm³/mol. The smallest absolute Gasteiger partial charge is 0.197 e. The van der Waals surface area contributed by atoms with Gasteiger partial charge < -0.3 is 9.47 Å². The van der Waals surface area contributed by atoms with Crippen molar-refractivity contribution in [3.63, 3.8) is 0 Å². The number of halogens is 3. The van der Waals surface area contributed by atoms with E-state index in [2.05, 4.69) is 15.9 Å². The molecule has 2 rings (SSSR count). The van der Waals surface area contributed by atoms with Crippen molar-refractivity contribution in [2.75, 3.05) is 14.2 Å². The number of carbonyl (C=O) groups is 1. The molecule has 0 aromatic heterocycles. The lowest BCUT2D eigenvalue weighted by Crippen LogP contribution is -2.06. The number of hydrogen-bond donors (Lipinski definition) is 0. The summed E-state index contributed by atoms with van der Waals surface area (Å²) in [5, 5.41) is 0. The van der Waals surface area contributed by atoms with Gasteiger partial charge in [-0.2, -0.15) is 0 Å². The fourth-order valence-electron chi connectivity index (χ4n) is 1.85. The Morgan fingerprint density at radius 2 is 1.62 bits per heavy atom. The van der Waals surface area contributed by atoms with Crippen molar-refractivity contribution < 1.29 is 23.0 Å². The number of ketones is 1. The first-order chi connectivity index (χ1) is 9.97. The molecule has 0 radical (unpaired) electrons. The van der Waals surface area contributed by atoms with Crippen LogP contribution in [-0.2, 0) is 0 Å². The summed E-state index contributed by atoms with van der Waals surface area (Å²) in [6, 6.07) is 5.80. The van der Waals surface area contributed by atoms with E-state index in [4.69, 9.17) is 9.47 Å². The van der Waals surface area contributed by atoms with Crippen molar-refractivity contribution in [2.24, 2.45) is 0 Å². The molecule has 21 heavy (non-hydrogen) atoms. The summed E-state index contributed by atoms with van der Waals surface area (Å²) in [7, 11) is 2.89. The number of rotatable bonds is 4. The number of hydrogen-bond acceptors (Lipinski definition) is 3. The van der Waals surface area contributed by atoms with Crippen molar-refractivity contribution in [3.8, 4) is 11.5 Å². The Morgan fingerprint density at radius 1 is 1.00 bits per heavy atom. The topological polar surface area (TPSA) is 35.5 Å². The Kier molecular flexibility index (Phi) is 4.57. The molecule has 2 aromatic rings. The van der Waals surface area contributed by atoms with Crippen molar-refractivity contribution in [1.82, 2.24) is 0 Å². The van der Waals surface area contributed by atoms with Crippen LogP contribution in [0.4, 0.5) is 8.78 Å². The highest BCUT2D eigenvalue weighted by molar-refractivity contribution is 9.10. The van der Waals surface area contributed by atoms with Crippen molar-refractivity contribution >= 4 is 21.7 Å². The molecule has 0 saturated heterocycles. The van der Waals surface area contributed by atoms with E-state index in [1.807, 2.05) is 0 Å². The quantitative estimate of drug-likeness (QED) is 0.777. The van der Waals surface area contributed by atoms with E-state index < -0.39 is 17.4 Å². The van der Waals surface area contributed by atoms with Gasteiger partial charge in [-0.05, 0) is 40.2 Å². The van der Waals surface area contributed by atoms with Gasteiger partial charge in [0.05, 0.1) is 19.8 Å². The Morgan fingerprint density at radius 3 is 2.19 bits per heavy atom. The molecule has 0 unspecified atom stereocenters. The maximum atomic E-state index is 13.7. The summed E-state index contributed by atoms with van der Waals surface area (Å²) in [4.78, 5) is 12.4. The summed E-state index contributed by atoms with van der Waals surface area (Å²) in [5.74, 6) is -1.47. The highest BCUT2D eigenvalue weighted by Gasteiger charge is 2.20. The van der Waals surface area contributed by atoms with E-state index in [0.29, 0.717) is 22.0 Å². The molecular weight excluding hydrogens is 346 g/mol. The SMILES string of the molecule is COc1cc(Br)c(C(=O)c2ccc(F)cc2F)cc1OC. The lowest BCUT2D eigenvalue weighted by Gasteiger charge is -2.11. The standard InChI is InChI=1S/C15H11BrF2O3/c1-20-13-6-10(11(16)7-14(13)21-2)15(19)9-4-3-8(17)5-12(9)18/h3-7H,1-2H3. The van der Waals surface area contributed by atoms with Crippen LogP contribution in [0.3, 0.4) is 0 Å². The summed E-state index contributed by atoms with van der Waals surface area (Å²) in [6.45, 7) is 0. The Hall–Kier alpha value is -1.95. The van der Waals surface area contributed by atoms with Crippen LogP contribution in [0.15, 0.2) is 34.8 Å². The molecule has 0 saturated carbocycles. The van der Waals surface area contributed by atoms with Gasteiger partial charge in [0.1, 0.15) is 11.6 Å². The molecule has 0 bridgehead atoms. The largest absolute Gasteiger partial charge is 0.493 e. The molecule has 3 nitrogen and oxygen atoms in total. The Labute approximate surface area is 128 Å². The highest BCUT2D eigenvalue weighted by Crippen LogP contribution is 2.34. The van der Waals surface area contributed by atoms with E-state index >= 15 is 0 Å². The minimum Gasteiger partial charge on any atom is -0.493 e. The van der Waals surface area contributed by atoms with Crippen LogP contribution in [0.5, 0.6) is 11.5 Å². The maximum absolute atomic E-state index is 13.7. The lowest BCUT2D eigenvalue weighted by atomic mass is 10.0. The molecule has 110 valence electrons. The second-order valence-electron chi connectivity index (χ2n) is 4.14. The third-order valence-electron chi connectivity index (χ3n) is 2.89. The zero-order valence-electron chi connectivity index (χ0n) is 11.2. The first-order valence-electron chi connectivity index (χ1n) is 5.89. The van der Waals surface area contributed by atoms with Gasteiger partial charge in [-0.1, -0.05) is 0 Å². The van der Waals surface area contributed by atoms with Crippen LogP contribution in [0, 0.1) is 11.6 Å². The van der Waals surface area contributed by atoms with E-state index in [1.165, 1.54) is 20.3 Å². The number of benzene rings is 2. The molecule has 0 heterocycles. The molecule has 0 aliphatic rings. The normalized spacial score (nSPS) is 10.3. The summed E-state index contributed by atoms with van der Waals surface area (Å²) in [5.41, 5.74) is -0.0255. The van der Waals surface area contributed by atoms with Crippen molar-refractivity contribution in [2.45, 2.75) is 0 Å². The van der Waals surface area contributed by atoms with Gasteiger partial charge >= 0.3 is 0 Å². The molecule has 2 aromatic carbocycles. The first kappa shape index (κ1) is 15.4. The van der Waals surface area contributed by atoms with Crippen molar-refractivity contribution in [3.05, 3.63) is 57.6 Å². The minimum atomic E-state index is -0.915. The van der Waals surface area contributed by atoms with Crippen LogP contribution in [0.1, 0.15) is 15.9 Å². The number of methoxy groups -OCH3 is 2. The molecule has 0 aliphatic heterocycles. The molecule has 0 amide bonds. The van der Waals surface area contributed by atoms with Crippen molar-refractivity contribution in [1.29, 1.82) is 0 Å². The number of carbonyl (C=O) groups excluding carboxylic acids is 1. The molecule has 0 N–H and O–H groups in total. The van der Waals surface area contributed by atoms with Gasteiger partial charge in [-0.3, -0.25) is 4.79 Å². The van der Waals surface area contributed by atoms with E-state index in [1.54, 1.807) is 6.07 Å². The number of ether oxygens (including phenoxy) is 2. The minimum absolute atomic E-state index is 0.193. The third kappa shape index (κ3) is 3.05. The van der Waals surface area contributed by atoms with Gasteiger partial charge in [0.25, 0.3) is 0 Å². The first-order valence-corrected chi connectivity index (χ1v) is 6.68. The Balaban J connectivity index is 2.53. The summed E-state index contributed by atoms with van der Waals surface area (Å²) >= 11 is 3.24. The maximum Gasteiger partial charge on any atom is 0.197 e. The highest BCUT2D eigenvalue weighted by atomic mass is 79.9. The zero-order valence-corrected chi connectivity index (χ0v) is 12.8. The average molecular weight is 357 g/mol. The van der Waals surface area contributed by atoms with Gasteiger partial charge in [0, 0.05) is 16.1 Å². The monoisotopic (exact) mass is 356 g/mol. The fourth-order valence-corrected chi connectivity index (χ4v) is 2.35. The molecule has 0 fully saturated rings. The molecule has 0 aliphatic carbocycles. The fraction of sp³-hybridized carbons (Fsp3) is 0.133. The predicted octanol–water partition coefficient (Wildman–Crippen LogP) is 3.98. The van der Waals surface area contributed by atoms with E-state index in [-0.39, 0.29) is 11.1 Å². The van der Waals surface area contributed by atoms with Crippen LogP contribution in [0.25, 0.3) is 0 Å². The Bertz CT molecular complexity index is 702. The van der Waals surface area contributed by atoms with Gasteiger partial charge in [0.2, 0.25) is 0 Å². The van der Waals surface area contributed by atoms with Crippen LogP contribution in [0.2, 0.25) is 0 Å². The van der Waals surface area contributed by atoms with Gasteiger partial charge in [0.15, 0.2) is 17.3 Å². The second-order valence-corrected chi connectivity index (χ2v) is 4.99. The second kappa shape index (κ2) is 6.22. The average Bonchev–Trinajstić information content (AvgIpc) is 2.46. The van der Waals surface area contributed by atoms with Crippen LogP contribution < -0.4 is 9.47 Å². The molecule has 0 spiro atoms. The van der Waals surface area contributed by atoms with Crippen LogP contribution in [-0.4, -0.2) is 20.0 Å². The lowest BCUT2D eigenvalue weighted by molar-refractivity contribution is 0.103. The zero-order chi connectivity index (χ0) is 15.6.